The second-order valence-corrected chi connectivity index (χ2v) is 7.33. The first-order valence-corrected chi connectivity index (χ1v) is 9.17. The number of hydrogen-bond acceptors (Lipinski definition) is 4. The van der Waals surface area contributed by atoms with E-state index in [1.54, 1.807) is 0 Å². The number of carbonyl (C=O) groups excluding carboxylic acids is 1. The standard InChI is InChI=1S/C20H24N2O3/c1-13-5-6-15-14(12-20(24)25-18(15)10-13)11-19(23)21-16-7-9-22-8-3-2-4-17(16)22/h5-6,10,12,16-17H,2-4,7-9,11H2,1H3,(H,21,23). The fourth-order valence-corrected chi connectivity index (χ4v) is 4.33. The summed E-state index contributed by atoms with van der Waals surface area (Å²) in [6.45, 7) is 4.18. The normalized spacial score (nSPS) is 23.6. The van der Waals surface area contributed by atoms with E-state index in [9.17, 15) is 9.59 Å². The molecular formula is C20H24N2O3. The average Bonchev–Trinajstić information content (AvgIpc) is 2.97. The minimum atomic E-state index is -0.403. The molecule has 132 valence electrons. The van der Waals surface area contributed by atoms with Crippen LogP contribution >= 0.6 is 0 Å². The Hall–Kier alpha value is -2.14. The number of piperidine rings is 1. The van der Waals surface area contributed by atoms with E-state index in [0.717, 1.165) is 36.0 Å². The zero-order valence-electron chi connectivity index (χ0n) is 14.6. The van der Waals surface area contributed by atoms with Gasteiger partial charge in [0, 0.05) is 30.1 Å². The van der Waals surface area contributed by atoms with Crippen molar-refractivity contribution in [3.8, 4) is 0 Å². The summed E-state index contributed by atoms with van der Waals surface area (Å²) in [6.07, 6.45) is 4.92. The summed E-state index contributed by atoms with van der Waals surface area (Å²) in [7, 11) is 0. The van der Waals surface area contributed by atoms with Crippen molar-refractivity contribution in [2.75, 3.05) is 13.1 Å². The van der Waals surface area contributed by atoms with Crippen LogP contribution in [0.5, 0.6) is 0 Å². The highest BCUT2D eigenvalue weighted by Gasteiger charge is 2.36. The maximum absolute atomic E-state index is 12.6. The fourth-order valence-electron chi connectivity index (χ4n) is 4.33. The van der Waals surface area contributed by atoms with Gasteiger partial charge in [0.25, 0.3) is 0 Å². The van der Waals surface area contributed by atoms with Crippen LogP contribution in [0.25, 0.3) is 11.0 Å². The Morgan fingerprint density at radius 1 is 1.24 bits per heavy atom. The SMILES string of the molecule is Cc1ccc2c(CC(=O)NC3CCN4CCCCC34)cc(=O)oc2c1. The third kappa shape index (κ3) is 3.33. The molecule has 3 heterocycles. The lowest BCUT2D eigenvalue weighted by atomic mass is 9.98. The maximum Gasteiger partial charge on any atom is 0.336 e. The zero-order valence-corrected chi connectivity index (χ0v) is 14.6. The summed E-state index contributed by atoms with van der Waals surface area (Å²) in [5.74, 6) is -0.00935. The van der Waals surface area contributed by atoms with Crippen molar-refractivity contribution in [2.45, 2.75) is 51.1 Å². The second-order valence-electron chi connectivity index (χ2n) is 7.33. The molecule has 0 spiro atoms. The van der Waals surface area contributed by atoms with Crippen molar-refractivity contribution in [2.24, 2.45) is 0 Å². The van der Waals surface area contributed by atoms with Gasteiger partial charge in [0.05, 0.1) is 6.42 Å². The lowest BCUT2D eigenvalue weighted by Crippen LogP contribution is -2.47. The Kier molecular flexibility index (Phi) is 4.34. The highest BCUT2D eigenvalue weighted by molar-refractivity contribution is 5.87. The molecular weight excluding hydrogens is 316 g/mol. The van der Waals surface area contributed by atoms with Gasteiger partial charge in [-0.05, 0) is 49.9 Å². The van der Waals surface area contributed by atoms with Gasteiger partial charge >= 0.3 is 5.63 Å². The van der Waals surface area contributed by atoms with Crippen LogP contribution in [0.4, 0.5) is 0 Å². The topological polar surface area (TPSA) is 62.6 Å². The molecule has 0 saturated carbocycles. The van der Waals surface area contributed by atoms with E-state index >= 15 is 0 Å². The summed E-state index contributed by atoms with van der Waals surface area (Å²) in [6, 6.07) is 7.91. The van der Waals surface area contributed by atoms with Gasteiger partial charge < -0.3 is 9.73 Å². The van der Waals surface area contributed by atoms with Crippen LogP contribution < -0.4 is 10.9 Å². The molecule has 2 fully saturated rings. The third-order valence-electron chi connectivity index (χ3n) is 5.54. The quantitative estimate of drug-likeness (QED) is 0.872. The van der Waals surface area contributed by atoms with E-state index < -0.39 is 5.63 Å². The Morgan fingerprint density at radius 2 is 2.12 bits per heavy atom. The molecule has 25 heavy (non-hydrogen) atoms. The summed E-state index contributed by atoms with van der Waals surface area (Å²) >= 11 is 0. The molecule has 0 radical (unpaired) electrons. The molecule has 1 aromatic carbocycles. The van der Waals surface area contributed by atoms with Crippen LogP contribution in [-0.2, 0) is 11.2 Å². The molecule has 2 atom stereocenters. The third-order valence-corrected chi connectivity index (χ3v) is 5.54. The largest absolute Gasteiger partial charge is 0.423 e. The zero-order chi connectivity index (χ0) is 17.4. The Labute approximate surface area is 147 Å². The molecule has 2 unspecified atom stereocenters. The number of fused-ring (bicyclic) bond motifs is 2. The molecule has 1 amide bonds. The number of carbonyl (C=O) groups is 1. The van der Waals surface area contributed by atoms with Gasteiger partial charge in [-0.2, -0.15) is 0 Å². The number of amides is 1. The first kappa shape index (κ1) is 16.3. The van der Waals surface area contributed by atoms with Gasteiger partial charge in [0.1, 0.15) is 5.58 Å². The predicted octanol–water partition coefficient (Wildman–Crippen LogP) is 2.39. The van der Waals surface area contributed by atoms with Gasteiger partial charge in [-0.25, -0.2) is 4.79 Å². The number of benzene rings is 1. The van der Waals surface area contributed by atoms with Crippen LogP contribution in [0.2, 0.25) is 0 Å². The molecule has 2 aliphatic heterocycles. The first-order valence-electron chi connectivity index (χ1n) is 9.17. The summed E-state index contributed by atoms with van der Waals surface area (Å²) in [5, 5.41) is 4.05. The molecule has 5 nitrogen and oxygen atoms in total. The monoisotopic (exact) mass is 340 g/mol. The van der Waals surface area contributed by atoms with Gasteiger partial charge in [-0.1, -0.05) is 18.6 Å². The minimum absolute atomic E-state index is 0.00935. The Balaban J connectivity index is 1.51. The number of hydrogen-bond donors (Lipinski definition) is 1. The second kappa shape index (κ2) is 6.64. The molecule has 1 aromatic heterocycles. The van der Waals surface area contributed by atoms with E-state index in [0.29, 0.717) is 11.6 Å². The van der Waals surface area contributed by atoms with Crippen molar-refractivity contribution in [1.29, 1.82) is 0 Å². The van der Waals surface area contributed by atoms with Crippen molar-refractivity contribution in [3.63, 3.8) is 0 Å². The molecule has 2 aliphatic rings. The molecule has 1 N–H and O–H groups in total. The fraction of sp³-hybridized carbons (Fsp3) is 0.500. The Morgan fingerprint density at radius 3 is 3.00 bits per heavy atom. The smallest absolute Gasteiger partial charge is 0.336 e. The number of nitrogens with zero attached hydrogens (tertiary/aromatic N) is 1. The summed E-state index contributed by atoms with van der Waals surface area (Å²) in [5.41, 5.74) is 1.91. The highest BCUT2D eigenvalue weighted by Crippen LogP contribution is 2.27. The number of nitrogens with one attached hydrogen (secondary N) is 1. The van der Waals surface area contributed by atoms with Gasteiger partial charge in [0.2, 0.25) is 5.91 Å². The molecule has 2 saturated heterocycles. The average molecular weight is 340 g/mol. The minimum Gasteiger partial charge on any atom is -0.423 e. The van der Waals surface area contributed by atoms with Crippen LogP contribution in [-0.4, -0.2) is 36.0 Å². The van der Waals surface area contributed by atoms with Crippen molar-refractivity contribution < 1.29 is 9.21 Å². The first-order chi connectivity index (χ1) is 12.1. The van der Waals surface area contributed by atoms with E-state index in [2.05, 4.69) is 10.2 Å². The molecule has 0 bridgehead atoms. The maximum atomic E-state index is 12.6. The molecule has 0 aliphatic carbocycles. The number of aryl methyl sites for hydroxylation is 1. The summed E-state index contributed by atoms with van der Waals surface area (Å²) < 4.78 is 5.27. The van der Waals surface area contributed by atoms with Crippen molar-refractivity contribution in [3.05, 3.63) is 45.8 Å². The van der Waals surface area contributed by atoms with E-state index in [1.807, 2.05) is 25.1 Å². The lowest BCUT2D eigenvalue weighted by Gasteiger charge is -2.32. The highest BCUT2D eigenvalue weighted by atomic mass is 16.4. The Bertz CT molecular complexity index is 858. The van der Waals surface area contributed by atoms with Crippen LogP contribution in [0.3, 0.4) is 0 Å². The van der Waals surface area contributed by atoms with Gasteiger partial charge in [0.15, 0.2) is 0 Å². The van der Waals surface area contributed by atoms with E-state index in [1.165, 1.54) is 25.3 Å². The lowest BCUT2D eigenvalue weighted by molar-refractivity contribution is -0.121. The predicted molar refractivity (Wildman–Crippen MR) is 96.7 cm³/mol. The summed E-state index contributed by atoms with van der Waals surface area (Å²) in [4.78, 5) is 26.9. The molecule has 2 aromatic rings. The van der Waals surface area contributed by atoms with Crippen LogP contribution in [0.15, 0.2) is 33.5 Å². The molecule has 5 heteroatoms. The van der Waals surface area contributed by atoms with E-state index in [-0.39, 0.29) is 18.4 Å². The van der Waals surface area contributed by atoms with Crippen LogP contribution in [0.1, 0.15) is 36.8 Å². The van der Waals surface area contributed by atoms with Gasteiger partial charge in [-0.15, -0.1) is 0 Å². The molecule has 4 rings (SSSR count). The van der Waals surface area contributed by atoms with Crippen molar-refractivity contribution >= 4 is 16.9 Å². The van der Waals surface area contributed by atoms with Crippen LogP contribution in [0, 0.1) is 6.92 Å². The van der Waals surface area contributed by atoms with Gasteiger partial charge in [-0.3, -0.25) is 9.69 Å². The van der Waals surface area contributed by atoms with E-state index in [4.69, 9.17) is 4.42 Å². The number of rotatable bonds is 3. The van der Waals surface area contributed by atoms with Crippen molar-refractivity contribution in [1.82, 2.24) is 10.2 Å².